The van der Waals surface area contributed by atoms with Crippen LogP contribution in [0.1, 0.15) is 30.0 Å². The van der Waals surface area contributed by atoms with Gasteiger partial charge in [0.25, 0.3) is 0 Å². The van der Waals surface area contributed by atoms with Crippen molar-refractivity contribution in [1.29, 1.82) is 0 Å². The zero-order chi connectivity index (χ0) is 14.8. The highest BCUT2D eigenvalue weighted by Gasteiger charge is 2.26. The number of rotatable bonds is 4. The molecule has 5 heteroatoms. The van der Waals surface area contributed by atoms with Crippen LogP contribution in [-0.2, 0) is 6.54 Å². The van der Waals surface area contributed by atoms with Crippen LogP contribution in [0.2, 0.25) is 0 Å². The second-order valence-electron chi connectivity index (χ2n) is 6.19. The molecule has 114 valence electrons. The van der Waals surface area contributed by atoms with Crippen LogP contribution < -0.4 is 4.90 Å². The summed E-state index contributed by atoms with van der Waals surface area (Å²) in [4.78, 5) is 17.8. The summed E-state index contributed by atoms with van der Waals surface area (Å²) in [5.74, 6) is 1.79. The molecule has 1 aliphatic heterocycles. The summed E-state index contributed by atoms with van der Waals surface area (Å²) < 4.78 is 0. The molecular formula is C17H21N5. The summed E-state index contributed by atoms with van der Waals surface area (Å²) in [6.07, 6.45) is 8.04. The number of anilines is 1. The highest BCUT2D eigenvalue weighted by atomic mass is 15.3. The van der Waals surface area contributed by atoms with Crippen LogP contribution in [0.5, 0.6) is 0 Å². The van der Waals surface area contributed by atoms with Crippen LogP contribution in [0.15, 0.2) is 36.9 Å². The van der Waals surface area contributed by atoms with Gasteiger partial charge in [-0.25, -0.2) is 9.97 Å². The van der Waals surface area contributed by atoms with E-state index in [1.165, 1.54) is 24.1 Å². The van der Waals surface area contributed by atoms with Gasteiger partial charge in [-0.3, -0.25) is 9.88 Å². The van der Waals surface area contributed by atoms with E-state index in [-0.39, 0.29) is 0 Å². The Labute approximate surface area is 131 Å². The van der Waals surface area contributed by atoms with Gasteiger partial charge in [0.15, 0.2) is 0 Å². The summed E-state index contributed by atoms with van der Waals surface area (Å²) in [5.41, 5.74) is 2.56. The van der Waals surface area contributed by atoms with Gasteiger partial charge in [0.05, 0.1) is 0 Å². The summed E-state index contributed by atoms with van der Waals surface area (Å²) in [6, 6.07) is 6.38. The maximum absolute atomic E-state index is 4.47. The average Bonchev–Trinajstić information content (AvgIpc) is 3.42. The molecule has 4 rings (SSSR count). The predicted octanol–water partition coefficient (Wildman–Crippen LogP) is 2.07. The van der Waals surface area contributed by atoms with Gasteiger partial charge in [0.2, 0.25) is 0 Å². The van der Waals surface area contributed by atoms with Crippen LogP contribution in [-0.4, -0.2) is 46.0 Å². The van der Waals surface area contributed by atoms with E-state index in [4.69, 9.17) is 0 Å². The molecule has 0 N–H and O–H groups in total. The predicted molar refractivity (Wildman–Crippen MR) is 85.7 cm³/mol. The second kappa shape index (κ2) is 6.01. The SMILES string of the molecule is c1cc(CN2CCN(c3cc(C4CC4)ncn3)CC2)ccn1. The minimum Gasteiger partial charge on any atom is -0.354 e. The van der Waals surface area contributed by atoms with Gasteiger partial charge in [0, 0.05) is 62.8 Å². The Morgan fingerprint density at radius 1 is 1.00 bits per heavy atom. The third-order valence-electron chi connectivity index (χ3n) is 4.52. The van der Waals surface area contributed by atoms with Crippen LogP contribution >= 0.6 is 0 Å². The van der Waals surface area contributed by atoms with Crippen molar-refractivity contribution < 1.29 is 0 Å². The van der Waals surface area contributed by atoms with Crippen molar-refractivity contribution in [3.05, 3.63) is 48.2 Å². The summed E-state index contributed by atoms with van der Waals surface area (Å²) in [7, 11) is 0. The molecule has 1 aliphatic carbocycles. The topological polar surface area (TPSA) is 45.2 Å². The maximum Gasteiger partial charge on any atom is 0.132 e. The molecule has 0 spiro atoms. The molecule has 0 unspecified atom stereocenters. The molecule has 2 fully saturated rings. The van der Waals surface area contributed by atoms with Crippen LogP contribution in [0.4, 0.5) is 5.82 Å². The van der Waals surface area contributed by atoms with Crippen molar-refractivity contribution in [2.24, 2.45) is 0 Å². The molecule has 0 amide bonds. The van der Waals surface area contributed by atoms with E-state index in [1.54, 1.807) is 6.33 Å². The fourth-order valence-corrected chi connectivity index (χ4v) is 3.02. The molecule has 2 aromatic rings. The average molecular weight is 295 g/mol. The molecule has 2 aliphatic rings. The molecule has 1 saturated carbocycles. The summed E-state index contributed by atoms with van der Waals surface area (Å²) in [5, 5.41) is 0. The van der Waals surface area contributed by atoms with E-state index in [0.717, 1.165) is 38.5 Å². The Kier molecular flexibility index (Phi) is 3.72. The molecule has 1 saturated heterocycles. The smallest absolute Gasteiger partial charge is 0.132 e. The molecule has 3 heterocycles. The van der Waals surface area contributed by atoms with E-state index in [1.807, 2.05) is 12.4 Å². The van der Waals surface area contributed by atoms with Crippen molar-refractivity contribution in [2.45, 2.75) is 25.3 Å². The van der Waals surface area contributed by atoms with E-state index < -0.39 is 0 Å². The Morgan fingerprint density at radius 2 is 1.77 bits per heavy atom. The first-order valence-electron chi connectivity index (χ1n) is 8.06. The summed E-state index contributed by atoms with van der Waals surface area (Å²) in [6.45, 7) is 5.22. The Balaban J connectivity index is 1.36. The second-order valence-corrected chi connectivity index (χ2v) is 6.19. The molecule has 0 aromatic carbocycles. The highest BCUT2D eigenvalue weighted by Crippen LogP contribution is 2.39. The number of pyridine rings is 1. The van der Waals surface area contributed by atoms with E-state index >= 15 is 0 Å². The monoisotopic (exact) mass is 295 g/mol. The standard InChI is InChI=1S/C17H21N5/c1-2-15(1)16-11-17(20-13-19-16)22-9-7-21(8-10-22)12-14-3-5-18-6-4-14/h3-6,11,13,15H,1-2,7-10,12H2. The number of hydrogen-bond acceptors (Lipinski definition) is 5. The molecular weight excluding hydrogens is 274 g/mol. The first-order chi connectivity index (χ1) is 10.9. The zero-order valence-corrected chi connectivity index (χ0v) is 12.7. The summed E-state index contributed by atoms with van der Waals surface area (Å²) >= 11 is 0. The van der Waals surface area contributed by atoms with Gasteiger partial charge >= 0.3 is 0 Å². The lowest BCUT2D eigenvalue weighted by Gasteiger charge is -2.35. The minimum absolute atomic E-state index is 0.690. The highest BCUT2D eigenvalue weighted by molar-refractivity contribution is 5.41. The zero-order valence-electron chi connectivity index (χ0n) is 12.7. The normalized spacial score (nSPS) is 19.4. The fourth-order valence-electron chi connectivity index (χ4n) is 3.02. The first kappa shape index (κ1) is 13.6. The van der Waals surface area contributed by atoms with Crippen LogP contribution in [0, 0.1) is 0 Å². The molecule has 0 radical (unpaired) electrons. The Bertz CT molecular complexity index is 618. The first-order valence-corrected chi connectivity index (χ1v) is 8.06. The van der Waals surface area contributed by atoms with E-state index in [0.29, 0.717) is 5.92 Å². The molecule has 0 bridgehead atoms. The number of nitrogens with zero attached hydrogens (tertiary/aromatic N) is 5. The quantitative estimate of drug-likeness (QED) is 0.864. The molecule has 5 nitrogen and oxygen atoms in total. The van der Waals surface area contributed by atoms with Crippen molar-refractivity contribution >= 4 is 5.82 Å². The molecule has 0 atom stereocenters. The van der Waals surface area contributed by atoms with Gasteiger partial charge in [-0.05, 0) is 30.5 Å². The third kappa shape index (κ3) is 3.09. The van der Waals surface area contributed by atoms with Crippen molar-refractivity contribution in [2.75, 3.05) is 31.1 Å². The number of piperazine rings is 1. The van der Waals surface area contributed by atoms with E-state index in [2.05, 4.69) is 43.0 Å². The Hall–Kier alpha value is -2.01. The van der Waals surface area contributed by atoms with Crippen LogP contribution in [0.3, 0.4) is 0 Å². The van der Waals surface area contributed by atoms with Gasteiger partial charge in [-0.1, -0.05) is 0 Å². The van der Waals surface area contributed by atoms with Crippen molar-refractivity contribution in [3.8, 4) is 0 Å². The van der Waals surface area contributed by atoms with E-state index in [9.17, 15) is 0 Å². The van der Waals surface area contributed by atoms with Crippen LogP contribution in [0.25, 0.3) is 0 Å². The van der Waals surface area contributed by atoms with Gasteiger partial charge in [0.1, 0.15) is 12.1 Å². The lowest BCUT2D eigenvalue weighted by Crippen LogP contribution is -2.46. The van der Waals surface area contributed by atoms with Crippen molar-refractivity contribution in [3.63, 3.8) is 0 Å². The third-order valence-corrected chi connectivity index (χ3v) is 4.52. The fraction of sp³-hybridized carbons (Fsp3) is 0.471. The van der Waals surface area contributed by atoms with Gasteiger partial charge in [-0.2, -0.15) is 0 Å². The van der Waals surface area contributed by atoms with Gasteiger partial charge < -0.3 is 4.90 Å². The lowest BCUT2D eigenvalue weighted by molar-refractivity contribution is 0.249. The van der Waals surface area contributed by atoms with Crippen molar-refractivity contribution in [1.82, 2.24) is 19.9 Å². The maximum atomic E-state index is 4.47. The largest absolute Gasteiger partial charge is 0.354 e. The molecule has 22 heavy (non-hydrogen) atoms. The van der Waals surface area contributed by atoms with Gasteiger partial charge in [-0.15, -0.1) is 0 Å². The lowest BCUT2D eigenvalue weighted by atomic mass is 10.2. The number of aromatic nitrogens is 3. The number of hydrogen-bond donors (Lipinski definition) is 0. The Morgan fingerprint density at radius 3 is 2.50 bits per heavy atom. The minimum atomic E-state index is 0.690. The molecule has 2 aromatic heterocycles.